The zero-order chi connectivity index (χ0) is 26.3. The van der Waals surface area contributed by atoms with E-state index in [2.05, 4.69) is 27.6 Å². The Morgan fingerprint density at radius 2 is 1.62 bits per heavy atom. The van der Waals surface area contributed by atoms with Gasteiger partial charge in [-0.3, -0.25) is 24.3 Å². The third kappa shape index (κ3) is 4.42. The molecule has 2 heterocycles. The molecule has 4 aromatic rings. The number of benzene rings is 3. The third-order valence-electron chi connectivity index (χ3n) is 6.69. The fourth-order valence-corrected chi connectivity index (χ4v) is 5.48. The highest BCUT2D eigenvalue weighted by atomic mass is 127. The topological polar surface area (TPSA) is 90.8 Å². The lowest BCUT2D eigenvalue weighted by Gasteiger charge is -2.36. The summed E-state index contributed by atoms with van der Waals surface area (Å²) in [7, 11) is -1.25. The molecule has 1 N–H and O–H groups in total. The molecule has 0 saturated carbocycles. The first-order valence-electron chi connectivity index (χ1n) is 11.9. The number of imide groups is 1. The van der Waals surface area contributed by atoms with Crippen LogP contribution in [0.15, 0.2) is 85.1 Å². The van der Waals surface area contributed by atoms with Gasteiger partial charge in [0.05, 0.1) is 22.3 Å². The molecular weight excluding hydrogens is 580 g/mol. The molecule has 0 fully saturated rings. The number of hydrogen-bond donors (Lipinski definition) is 1. The third-order valence-corrected chi connectivity index (χ3v) is 7.36. The minimum atomic E-state index is -1.25. The van der Waals surface area contributed by atoms with E-state index in [0.29, 0.717) is 11.2 Å². The van der Waals surface area contributed by atoms with Crippen molar-refractivity contribution >= 4 is 64.0 Å². The summed E-state index contributed by atoms with van der Waals surface area (Å²) in [6, 6.07) is 22.0. The number of carbonyl (C=O) groups excluding carboxylic acids is 3. The van der Waals surface area contributed by atoms with Gasteiger partial charge in [-0.05, 0) is 71.4 Å². The summed E-state index contributed by atoms with van der Waals surface area (Å²) >= 11 is 2.19. The number of anilines is 1. The van der Waals surface area contributed by atoms with Crippen molar-refractivity contribution in [1.82, 2.24) is 9.88 Å². The number of para-hydroxylation sites is 1. The molecule has 2 atom stereocenters. The Morgan fingerprint density at radius 1 is 0.973 bits per heavy atom. The molecular formula is C28H23BIN3O4. The van der Waals surface area contributed by atoms with Gasteiger partial charge in [-0.1, -0.05) is 49.4 Å². The lowest BCUT2D eigenvalue weighted by molar-refractivity contribution is -0.122. The molecule has 3 amide bonds. The van der Waals surface area contributed by atoms with Gasteiger partial charge in [0.25, 0.3) is 11.8 Å². The van der Waals surface area contributed by atoms with E-state index >= 15 is 0 Å². The summed E-state index contributed by atoms with van der Waals surface area (Å²) in [5.74, 6) is -2.20. The molecule has 1 aromatic heterocycles. The van der Waals surface area contributed by atoms with Gasteiger partial charge in [-0.2, -0.15) is 0 Å². The standard InChI is InChI=1S/C28H23BIN3O4/c1-17(19-9-5-11-20(30)16-19)25(32-26(34)21-12-3-4-13-22(21)27(32)35)28(36)33(29(2)37)23-14-6-8-18-10-7-15-31-24(18)23/h3-17,25,37H,1-2H3/t17?,25-/m0/s1. The highest BCUT2D eigenvalue weighted by molar-refractivity contribution is 14.1. The van der Waals surface area contributed by atoms with Gasteiger partial charge in [0.1, 0.15) is 6.04 Å². The number of fused-ring (bicyclic) bond motifs is 2. The van der Waals surface area contributed by atoms with Gasteiger partial charge < -0.3 is 9.83 Å². The van der Waals surface area contributed by atoms with Gasteiger partial charge >= 0.3 is 7.05 Å². The van der Waals surface area contributed by atoms with Gasteiger partial charge in [0.2, 0.25) is 5.91 Å². The average molecular weight is 603 g/mol. The number of pyridine rings is 1. The molecule has 184 valence electrons. The maximum absolute atomic E-state index is 14.4. The Bertz CT molecular complexity index is 1500. The van der Waals surface area contributed by atoms with Crippen molar-refractivity contribution in [2.24, 2.45) is 0 Å². The first-order valence-corrected chi connectivity index (χ1v) is 12.9. The lowest BCUT2D eigenvalue weighted by atomic mass is 9.81. The molecule has 0 bridgehead atoms. The van der Waals surface area contributed by atoms with Crippen molar-refractivity contribution in [3.05, 3.63) is 105 Å². The molecule has 1 aliphatic rings. The summed E-state index contributed by atoms with van der Waals surface area (Å²) in [5.41, 5.74) is 2.24. The number of hydrogen-bond acceptors (Lipinski definition) is 5. The molecule has 0 saturated heterocycles. The molecule has 7 nitrogen and oxygen atoms in total. The van der Waals surface area contributed by atoms with Crippen molar-refractivity contribution in [2.45, 2.75) is 25.7 Å². The summed E-state index contributed by atoms with van der Waals surface area (Å²) < 4.78 is 0.959. The van der Waals surface area contributed by atoms with Crippen LogP contribution >= 0.6 is 22.6 Å². The zero-order valence-electron chi connectivity index (χ0n) is 20.2. The van der Waals surface area contributed by atoms with Crippen molar-refractivity contribution in [1.29, 1.82) is 0 Å². The number of rotatable bonds is 6. The van der Waals surface area contributed by atoms with E-state index in [1.807, 2.05) is 43.3 Å². The van der Waals surface area contributed by atoms with Gasteiger partial charge in [-0.15, -0.1) is 0 Å². The van der Waals surface area contributed by atoms with Crippen molar-refractivity contribution < 1.29 is 19.4 Å². The summed E-state index contributed by atoms with van der Waals surface area (Å²) in [6.07, 6.45) is 1.62. The van der Waals surface area contributed by atoms with E-state index in [4.69, 9.17) is 0 Å². The van der Waals surface area contributed by atoms with E-state index in [9.17, 15) is 19.4 Å². The van der Waals surface area contributed by atoms with Gasteiger partial charge in [0, 0.05) is 21.1 Å². The molecule has 5 rings (SSSR count). The number of aromatic nitrogens is 1. The molecule has 0 spiro atoms. The van der Waals surface area contributed by atoms with Crippen LogP contribution < -0.4 is 4.81 Å². The molecule has 0 radical (unpaired) electrons. The summed E-state index contributed by atoms with van der Waals surface area (Å²) in [5, 5.41) is 11.7. The molecule has 1 aliphatic heterocycles. The SMILES string of the molecule is CB(O)N(C(=O)[C@H](C(C)c1cccc(I)c1)N1C(=O)c2ccccc2C1=O)c1cccc2cccnc12. The molecule has 0 aliphatic carbocycles. The predicted octanol–water partition coefficient (Wildman–Crippen LogP) is 4.75. The van der Waals surface area contributed by atoms with Crippen LogP contribution in [0.25, 0.3) is 10.9 Å². The van der Waals surface area contributed by atoms with Crippen LogP contribution in [0.3, 0.4) is 0 Å². The number of amides is 3. The monoisotopic (exact) mass is 603 g/mol. The van der Waals surface area contributed by atoms with Crippen LogP contribution in [0.4, 0.5) is 5.69 Å². The van der Waals surface area contributed by atoms with Crippen LogP contribution in [-0.2, 0) is 4.79 Å². The fraction of sp³-hybridized carbons (Fsp3) is 0.143. The molecule has 9 heteroatoms. The first kappa shape index (κ1) is 25.1. The lowest BCUT2D eigenvalue weighted by Crippen LogP contribution is -2.56. The van der Waals surface area contributed by atoms with Crippen molar-refractivity contribution in [2.75, 3.05) is 4.81 Å². The second kappa shape index (κ2) is 10.1. The van der Waals surface area contributed by atoms with Crippen LogP contribution in [0.2, 0.25) is 6.82 Å². The van der Waals surface area contributed by atoms with E-state index in [1.54, 1.807) is 48.7 Å². The Balaban J connectivity index is 1.67. The minimum absolute atomic E-state index is 0.260. The highest BCUT2D eigenvalue weighted by Crippen LogP contribution is 2.35. The smallest absolute Gasteiger partial charge is 0.416 e. The van der Waals surface area contributed by atoms with Crippen molar-refractivity contribution in [3.8, 4) is 0 Å². The number of carbonyl (C=O) groups is 3. The van der Waals surface area contributed by atoms with E-state index < -0.39 is 36.7 Å². The second-order valence-electron chi connectivity index (χ2n) is 9.01. The normalized spacial score (nSPS) is 14.4. The predicted molar refractivity (Wildman–Crippen MR) is 151 cm³/mol. The maximum atomic E-state index is 14.4. The van der Waals surface area contributed by atoms with Crippen LogP contribution in [0, 0.1) is 3.57 Å². The van der Waals surface area contributed by atoms with Crippen LogP contribution in [-0.4, -0.2) is 45.7 Å². The largest absolute Gasteiger partial charge is 0.432 e. The molecule has 1 unspecified atom stereocenters. The summed E-state index contributed by atoms with van der Waals surface area (Å²) in [6.45, 7) is 3.30. The van der Waals surface area contributed by atoms with Crippen LogP contribution in [0.1, 0.15) is 39.1 Å². The number of nitrogens with zero attached hydrogens (tertiary/aromatic N) is 3. The van der Waals surface area contributed by atoms with E-state index in [0.717, 1.165) is 19.4 Å². The number of halogens is 1. The van der Waals surface area contributed by atoms with Crippen LogP contribution in [0.5, 0.6) is 0 Å². The highest BCUT2D eigenvalue weighted by Gasteiger charge is 2.47. The fourth-order valence-electron chi connectivity index (χ4n) is 4.91. The molecule has 3 aromatic carbocycles. The second-order valence-corrected chi connectivity index (χ2v) is 10.3. The summed E-state index contributed by atoms with van der Waals surface area (Å²) in [4.78, 5) is 48.3. The average Bonchev–Trinajstić information content (AvgIpc) is 3.14. The maximum Gasteiger partial charge on any atom is 0.416 e. The Kier molecular flexibility index (Phi) is 6.83. The van der Waals surface area contributed by atoms with Gasteiger partial charge in [-0.25, -0.2) is 0 Å². The van der Waals surface area contributed by atoms with Gasteiger partial charge in [0.15, 0.2) is 0 Å². The van der Waals surface area contributed by atoms with E-state index in [-0.39, 0.29) is 11.1 Å². The van der Waals surface area contributed by atoms with Crippen molar-refractivity contribution in [3.63, 3.8) is 0 Å². The minimum Gasteiger partial charge on any atom is -0.432 e. The molecule has 37 heavy (non-hydrogen) atoms. The Hall–Kier alpha value is -3.57. The zero-order valence-corrected chi connectivity index (χ0v) is 22.4. The Labute approximate surface area is 228 Å². The first-order chi connectivity index (χ1) is 17.8. The van der Waals surface area contributed by atoms with E-state index in [1.165, 1.54) is 11.6 Å². The Morgan fingerprint density at radius 3 is 2.27 bits per heavy atom. The quantitative estimate of drug-likeness (QED) is 0.195.